The smallest absolute Gasteiger partial charge is 0.407 e. The first-order valence-electron chi connectivity index (χ1n) is 11.1. The molecule has 1 aliphatic rings. The number of primary amides is 1. The lowest BCUT2D eigenvalue weighted by molar-refractivity contribution is 0.0519. The minimum absolute atomic E-state index is 0.148. The molecule has 1 saturated heterocycles. The average Bonchev–Trinajstić information content (AvgIpc) is 2.78. The Labute approximate surface area is 192 Å². The first-order valence-corrected chi connectivity index (χ1v) is 11.1. The number of fused-ring (bicyclic) bond motifs is 1. The summed E-state index contributed by atoms with van der Waals surface area (Å²) in [7, 11) is 0. The molecule has 2 aromatic carbocycles. The van der Waals surface area contributed by atoms with Crippen molar-refractivity contribution in [3.8, 4) is 11.1 Å². The van der Waals surface area contributed by atoms with E-state index < -0.39 is 12.0 Å². The van der Waals surface area contributed by atoms with Gasteiger partial charge in [-0.1, -0.05) is 51.1 Å². The summed E-state index contributed by atoms with van der Waals surface area (Å²) in [6.45, 7) is 6.64. The number of piperidine rings is 1. The second kappa shape index (κ2) is 8.69. The minimum Gasteiger partial charge on any atom is -0.465 e. The maximum atomic E-state index is 12.3. The van der Waals surface area contributed by atoms with Crippen LogP contribution in [0.25, 0.3) is 22.0 Å². The molecule has 2 atom stereocenters. The van der Waals surface area contributed by atoms with Gasteiger partial charge in [0.05, 0.1) is 17.1 Å². The molecular weight excluding hydrogens is 418 g/mol. The molecule has 1 aromatic heterocycles. The van der Waals surface area contributed by atoms with Gasteiger partial charge in [-0.2, -0.15) is 0 Å². The van der Waals surface area contributed by atoms with E-state index in [1.165, 1.54) is 11.2 Å². The summed E-state index contributed by atoms with van der Waals surface area (Å²) in [4.78, 5) is 34.6. The van der Waals surface area contributed by atoms with Gasteiger partial charge >= 0.3 is 6.09 Å². The molecule has 33 heavy (non-hydrogen) atoms. The molecule has 1 aliphatic heterocycles. The second-order valence-corrected chi connectivity index (χ2v) is 9.55. The summed E-state index contributed by atoms with van der Waals surface area (Å²) in [6.07, 6.45) is 2.04. The molecule has 4 N–H and O–H groups in total. The predicted molar refractivity (Wildman–Crippen MR) is 128 cm³/mol. The Hall–Kier alpha value is -3.68. The van der Waals surface area contributed by atoms with Crippen LogP contribution in [0.5, 0.6) is 0 Å². The van der Waals surface area contributed by atoms with E-state index in [1.807, 2.05) is 57.2 Å². The standard InChI is InChI=1S/C25H29N5O3/c1-25(2,3)21-19(10-7-11-30(21)24(32)33)29-23-18-13-16(15-8-5-4-6-9-15)12-17(22(26)31)20(18)27-14-28-23/h4-6,8-9,12-14,19,21H,7,10-11H2,1-3H3,(H2,26,31)(H,32,33)(H,27,28,29)/t19-,21?/m0/s1. The topological polar surface area (TPSA) is 121 Å². The van der Waals surface area contributed by atoms with Crippen LogP contribution in [0.4, 0.5) is 10.6 Å². The lowest BCUT2D eigenvalue weighted by Crippen LogP contribution is -2.58. The quantitative estimate of drug-likeness (QED) is 0.546. The number of rotatable bonds is 4. The fourth-order valence-electron chi connectivity index (χ4n) is 4.88. The molecule has 0 spiro atoms. The molecule has 3 aromatic rings. The Morgan fingerprint density at radius 1 is 1.12 bits per heavy atom. The Bertz CT molecular complexity index is 1190. The maximum Gasteiger partial charge on any atom is 0.407 e. The van der Waals surface area contributed by atoms with Crippen LogP contribution in [0.3, 0.4) is 0 Å². The number of nitrogens with two attached hydrogens (primary N) is 1. The maximum absolute atomic E-state index is 12.3. The lowest BCUT2D eigenvalue weighted by atomic mass is 9.77. The number of carbonyl (C=O) groups excluding carboxylic acids is 1. The number of hydrogen-bond acceptors (Lipinski definition) is 5. The number of carboxylic acid groups (broad SMARTS) is 1. The number of carbonyl (C=O) groups is 2. The summed E-state index contributed by atoms with van der Waals surface area (Å²) < 4.78 is 0. The fraction of sp³-hybridized carbons (Fsp3) is 0.360. The molecule has 8 nitrogen and oxygen atoms in total. The summed E-state index contributed by atoms with van der Waals surface area (Å²) >= 11 is 0. The highest BCUT2D eigenvalue weighted by atomic mass is 16.4. The van der Waals surface area contributed by atoms with Gasteiger partial charge in [-0.3, -0.25) is 4.79 Å². The van der Waals surface area contributed by atoms with Gasteiger partial charge in [-0.25, -0.2) is 14.8 Å². The van der Waals surface area contributed by atoms with Crippen molar-refractivity contribution in [3.05, 3.63) is 54.4 Å². The second-order valence-electron chi connectivity index (χ2n) is 9.55. The predicted octanol–water partition coefficient (Wildman–Crippen LogP) is 4.36. The van der Waals surface area contributed by atoms with Crippen molar-refractivity contribution in [3.63, 3.8) is 0 Å². The molecule has 0 aliphatic carbocycles. The third-order valence-corrected chi connectivity index (χ3v) is 6.20. The normalized spacial score (nSPS) is 18.8. The van der Waals surface area contributed by atoms with Crippen LogP contribution in [-0.2, 0) is 0 Å². The Balaban J connectivity index is 1.83. The summed E-state index contributed by atoms with van der Waals surface area (Å²) in [5.41, 5.74) is 7.98. The summed E-state index contributed by atoms with van der Waals surface area (Å²) in [6, 6.07) is 13.0. The minimum atomic E-state index is -0.920. The van der Waals surface area contributed by atoms with Gasteiger partial charge in [-0.15, -0.1) is 0 Å². The number of hydrogen-bond donors (Lipinski definition) is 3. The van der Waals surface area contributed by atoms with Gasteiger partial charge in [0.1, 0.15) is 12.1 Å². The van der Waals surface area contributed by atoms with Crippen molar-refractivity contribution in [1.82, 2.24) is 14.9 Å². The molecule has 1 fully saturated rings. The monoisotopic (exact) mass is 447 g/mol. The van der Waals surface area contributed by atoms with Crippen LogP contribution in [0.15, 0.2) is 48.8 Å². The van der Waals surface area contributed by atoms with Gasteiger partial charge in [0.25, 0.3) is 5.91 Å². The van der Waals surface area contributed by atoms with E-state index in [-0.39, 0.29) is 17.5 Å². The van der Waals surface area contributed by atoms with E-state index in [9.17, 15) is 14.7 Å². The number of likely N-dealkylation sites (tertiary alicyclic amines) is 1. The molecule has 2 amide bonds. The van der Waals surface area contributed by atoms with E-state index in [1.54, 1.807) is 6.07 Å². The zero-order valence-corrected chi connectivity index (χ0v) is 19.1. The first-order chi connectivity index (χ1) is 15.7. The van der Waals surface area contributed by atoms with Crippen LogP contribution < -0.4 is 11.1 Å². The molecule has 0 radical (unpaired) electrons. The summed E-state index contributed by atoms with van der Waals surface area (Å²) in [5, 5.41) is 14.0. The van der Waals surface area contributed by atoms with E-state index in [0.717, 1.165) is 24.0 Å². The third kappa shape index (κ3) is 4.46. The number of nitrogens with one attached hydrogen (secondary N) is 1. The molecule has 1 unspecified atom stereocenters. The van der Waals surface area contributed by atoms with Crippen molar-refractivity contribution in [2.24, 2.45) is 11.1 Å². The van der Waals surface area contributed by atoms with Gasteiger partial charge < -0.3 is 21.1 Å². The Morgan fingerprint density at radius 2 is 1.85 bits per heavy atom. The van der Waals surface area contributed by atoms with Crippen molar-refractivity contribution in [1.29, 1.82) is 0 Å². The van der Waals surface area contributed by atoms with Crippen LogP contribution >= 0.6 is 0 Å². The average molecular weight is 448 g/mol. The SMILES string of the molecule is CC(C)(C)C1[C@@H](Nc2ncnc3c(C(N)=O)cc(-c4ccccc4)cc23)CCCN1C(=O)O. The number of amides is 2. The summed E-state index contributed by atoms with van der Waals surface area (Å²) in [5.74, 6) is -0.00325. The van der Waals surface area contributed by atoms with Crippen molar-refractivity contribution in [2.75, 3.05) is 11.9 Å². The molecular formula is C25H29N5O3. The molecule has 2 heterocycles. The Kier molecular flexibility index (Phi) is 5.93. The Morgan fingerprint density at radius 3 is 2.48 bits per heavy atom. The highest BCUT2D eigenvalue weighted by Crippen LogP contribution is 2.36. The number of benzene rings is 2. The van der Waals surface area contributed by atoms with E-state index in [4.69, 9.17) is 5.73 Å². The number of aromatic nitrogens is 2. The third-order valence-electron chi connectivity index (χ3n) is 6.20. The zero-order chi connectivity index (χ0) is 23.8. The van der Waals surface area contributed by atoms with Crippen molar-refractivity contribution >= 4 is 28.7 Å². The van der Waals surface area contributed by atoms with E-state index in [0.29, 0.717) is 28.8 Å². The molecule has 0 saturated carbocycles. The zero-order valence-electron chi connectivity index (χ0n) is 19.1. The van der Waals surface area contributed by atoms with Crippen LogP contribution in [0, 0.1) is 5.41 Å². The number of nitrogens with zero attached hydrogens (tertiary/aromatic N) is 3. The van der Waals surface area contributed by atoms with Gasteiger partial charge in [0.15, 0.2) is 0 Å². The van der Waals surface area contributed by atoms with E-state index in [2.05, 4.69) is 15.3 Å². The molecule has 4 rings (SSSR count). The van der Waals surface area contributed by atoms with Crippen molar-refractivity contribution in [2.45, 2.75) is 45.7 Å². The highest BCUT2D eigenvalue weighted by molar-refractivity contribution is 6.08. The highest BCUT2D eigenvalue weighted by Gasteiger charge is 2.42. The molecule has 8 heteroatoms. The van der Waals surface area contributed by atoms with Gasteiger partial charge in [0, 0.05) is 18.0 Å². The van der Waals surface area contributed by atoms with Gasteiger partial charge in [-0.05, 0) is 41.5 Å². The van der Waals surface area contributed by atoms with E-state index >= 15 is 0 Å². The largest absolute Gasteiger partial charge is 0.465 e. The van der Waals surface area contributed by atoms with Crippen LogP contribution in [-0.4, -0.2) is 50.6 Å². The van der Waals surface area contributed by atoms with Crippen LogP contribution in [0.1, 0.15) is 44.0 Å². The van der Waals surface area contributed by atoms with Crippen molar-refractivity contribution < 1.29 is 14.7 Å². The first kappa shape index (κ1) is 22.5. The van der Waals surface area contributed by atoms with Gasteiger partial charge in [0.2, 0.25) is 0 Å². The lowest BCUT2D eigenvalue weighted by Gasteiger charge is -2.47. The fourth-order valence-corrected chi connectivity index (χ4v) is 4.88. The molecule has 0 bridgehead atoms. The molecule has 172 valence electrons. The number of anilines is 1. The van der Waals surface area contributed by atoms with Crippen LogP contribution in [0.2, 0.25) is 0 Å².